The number of aromatic nitrogens is 2. The molecule has 110 valence electrons. The average molecular weight is 298 g/mol. The third kappa shape index (κ3) is 2.93. The molecule has 0 atom stereocenters. The summed E-state index contributed by atoms with van der Waals surface area (Å²) in [6.07, 6.45) is 2.75. The number of halogens is 1. The maximum atomic E-state index is 13.4. The SMILES string of the molecule is O=C(NN=Cc1ccccc1F)c1cc(-c2ccco2)[nH]n1. The summed E-state index contributed by atoms with van der Waals surface area (Å²) in [6.45, 7) is 0. The molecule has 6 nitrogen and oxygen atoms in total. The first kappa shape index (κ1) is 13.7. The molecule has 22 heavy (non-hydrogen) atoms. The summed E-state index contributed by atoms with van der Waals surface area (Å²) >= 11 is 0. The first-order valence-electron chi connectivity index (χ1n) is 6.41. The zero-order valence-corrected chi connectivity index (χ0v) is 11.3. The lowest BCUT2D eigenvalue weighted by Crippen LogP contribution is -2.18. The van der Waals surface area contributed by atoms with Crippen LogP contribution < -0.4 is 5.43 Å². The van der Waals surface area contributed by atoms with Gasteiger partial charge in [0.15, 0.2) is 11.5 Å². The molecule has 0 bridgehead atoms. The molecule has 7 heteroatoms. The van der Waals surface area contributed by atoms with Crippen molar-refractivity contribution in [3.05, 3.63) is 65.8 Å². The lowest BCUT2D eigenvalue weighted by molar-refractivity contribution is 0.0950. The van der Waals surface area contributed by atoms with E-state index in [-0.39, 0.29) is 11.3 Å². The van der Waals surface area contributed by atoms with Gasteiger partial charge in [0.05, 0.1) is 12.5 Å². The van der Waals surface area contributed by atoms with Crippen molar-refractivity contribution in [1.82, 2.24) is 15.6 Å². The van der Waals surface area contributed by atoms with Gasteiger partial charge >= 0.3 is 0 Å². The van der Waals surface area contributed by atoms with Crippen LogP contribution in [0, 0.1) is 5.82 Å². The molecule has 0 unspecified atom stereocenters. The van der Waals surface area contributed by atoms with Crippen LogP contribution in [-0.4, -0.2) is 22.3 Å². The number of H-pyrrole nitrogens is 1. The van der Waals surface area contributed by atoms with Crippen LogP contribution in [0.3, 0.4) is 0 Å². The highest BCUT2D eigenvalue weighted by molar-refractivity contribution is 5.94. The molecule has 3 rings (SSSR count). The molecule has 1 amide bonds. The Morgan fingerprint density at radius 3 is 2.95 bits per heavy atom. The van der Waals surface area contributed by atoms with Crippen LogP contribution in [0.4, 0.5) is 4.39 Å². The molecule has 0 saturated carbocycles. The molecule has 0 radical (unpaired) electrons. The van der Waals surface area contributed by atoms with Gasteiger partial charge in [-0.05, 0) is 18.2 Å². The average Bonchev–Trinajstić information content (AvgIpc) is 3.20. The highest BCUT2D eigenvalue weighted by Gasteiger charge is 2.11. The van der Waals surface area contributed by atoms with Crippen LogP contribution in [0.1, 0.15) is 16.1 Å². The van der Waals surface area contributed by atoms with E-state index in [0.717, 1.165) is 0 Å². The van der Waals surface area contributed by atoms with Gasteiger partial charge in [-0.3, -0.25) is 9.89 Å². The van der Waals surface area contributed by atoms with E-state index in [1.54, 1.807) is 30.3 Å². The van der Waals surface area contributed by atoms with Crippen molar-refractivity contribution >= 4 is 12.1 Å². The van der Waals surface area contributed by atoms with Crippen LogP contribution in [0.25, 0.3) is 11.5 Å². The van der Waals surface area contributed by atoms with E-state index < -0.39 is 11.7 Å². The Balaban J connectivity index is 1.67. The van der Waals surface area contributed by atoms with E-state index >= 15 is 0 Å². The minimum atomic E-state index is -0.512. The predicted molar refractivity (Wildman–Crippen MR) is 77.7 cm³/mol. The van der Waals surface area contributed by atoms with E-state index in [4.69, 9.17) is 4.42 Å². The van der Waals surface area contributed by atoms with Crippen molar-refractivity contribution in [3.8, 4) is 11.5 Å². The second kappa shape index (κ2) is 6.04. The smallest absolute Gasteiger partial charge is 0.291 e. The molecule has 3 aromatic rings. The molecular formula is C15H11FN4O2. The highest BCUT2D eigenvalue weighted by Crippen LogP contribution is 2.17. The fraction of sp³-hybridized carbons (Fsp3) is 0. The Morgan fingerprint density at radius 2 is 2.18 bits per heavy atom. The summed E-state index contributed by atoms with van der Waals surface area (Å²) in [5.74, 6) is -0.358. The molecule has 0 spiro atoms. The summed E-state index contributed by atoms with van der Waals surface area (Å²) < 4.78 is 18.6. The van der Waals surface area contributed by atoms with Crippen molar-refractivity contribution in [2.24, 2.45) is 5.10 Å². The van der Waals surface area contributed by atoms with E-state index in [1.807, 2.05) is 0 Å². The normalized spacial score (nSPS) is 11.0. The molecule has 0 aliphatic heterocycles. The Labute approximate surface area is 124 Å². The van der Waals surface area contributed by atoms with Gasteiger partial charge in [-0.2, -0.15) is 10.2 Å². The van der Waals surface area contributed by atoms with Gasteiger partial charge in [0.25, 0.3) is 5.91 Å². The summed E-state index contributed by atoms with van der Waals surface area (Å²) in [4.78, 5) is 11.9. The fourth-order valence-electron chi connectivity index (χ4n) is 1.79. The second-order valence-corrected chi connectivity index (χ2v) is 4.36. The standard InChI is InChI=1S/C15H11FN4O2/c16-11-5-2-1-4-10(11)9-17-20-15(21)13-8-12(18-19-13)14-6-3-7-22-14/h1-9H,(H,18,19)(H,20,21). The van der Waals surface area contributed by atoms with Crippen LogP contribution in [0.2, 0.25) is 0 Å². The number of nitrogens with one attached hydrogen (secondary N) is 2. The van der Waals surface area contributed by atoms with Crippen LogP contribution in [0.15, 0.2) is 58.2 Å². The number of amides is 1. The minimum Gasteiger partial charge on any atom is -0.463 e. The largest absolute Gasteiger partial charge is 0.463 e. The molecule has 0 fully saturated rings. The van der Waals surface area contributed by atoms with Gasteiger partial charge in [0, 0.05) is 11.6 Å². The summed E-state index contributed by atoms with van der Waals surface area (Å²) in [5, 5.41) is 10.3. The summed E-state index contributed by atoms with van der Waals surface area (Å²) in [7, 11) is 0. The van der Waals surface area contributed by atoms with Gasteiger partial charge in [-0.1, -0.05) is 18.2 Å². The Kier molecular flexibility index (Phi) is 3.78. The number of hydrogen-bond acceptors (Lipinski definition) is 4. The first-order valence-corrected chi connectivity index (χ1v) is 6.41. The van der Waals surface area contributed by atoms with E-state index in [1.165, 1.54) is 24.6 Å². The van der Waals surface area contributed by atoms with Crippen molar-refractivity contribution in [3.63, 3.8) is 0 Å². The Bertz CT molecular complexity index is 809. The van der Waals surface area contributed by atoms with Gasteiger partial charge < -0.3 is 4.42 Å². The zero-order chi connectivity index (χ0) is 15.4. The molecule has 2 aromatic heterocycles. The van der Waals surface area contributed by atoms with Gasteiger partial charge in [-0.25, -0.2) is 9.82 Å². The molecule has 2 heterocycles. The number of carbonyl (C=O) groups excluding carboxylic acids is 1. The number of carbonyl (C=O) groups is 1. The van der Waals surface area contributed by atoms with Crippen LogP contribution >= 0.6 is 0 Å². The maximum absolute atomic E-state index is 13.4. The fourth-order valence-corrected chi connectivity index (χ4v) is 1.79. The number of aromatic amines is 1. The molecule has 0 aliphatic rings. The van der Waals surface area contributed by atoms with Crippen molar-refractivity contribution < 1.29 is 13.6 Å². The van der Waals surface area contributed by atoms with Gasteiger partial charge in [-0.15, -0.1) is 0 Å². The zero-order valence-electron chi connectivity index (χ0n) is 11.3. The Hall–Kier alpha value is -3.22. The summed E-state index contributed by atoms with van der Waals surface area (Å²) in [5.41, 5.74) is 3.29. The number of rotatable bonds is 4. The minimum absolute atomic E-state index is 0.150. The van der Waals surface area contributed by atoms with Crippen molar-refractivity contribution in [1.29, 1.82) is 0 Å². The third-order valence-corrected chi connectivity index (χ3v) is 2.87. The van der Waals surface area contributed by atoms with Crippen LogP contribution in [0.5, 0.6) is 0 Å². The monoisotopic (exact) mass is 298 g/mol. The number of hydrazone groups is 1. The third-order valence-electron chi connectivity index (χ3n) is 2.87. The number of benzene rings is 1. The predicted octanol–water partition coefficient (Wildman–Crippen LogP) is 2.57. The molecule has 0 aliphatic carbocycles. The van der Waals surface area contributed by atoms with E-state index in [0.29, 0.717) is 11.5 Å². The highest BCUT2D eigenvalue weighted by atomic mass is 19.1. The number of nitrogens with zero attached hydrogens (tertiary/aromatic N) is 2. The lowest BCUT2D eigenvalue weighted by atomic mass is 10.2. The number of furan rings is 1. The quantitative estimate of drug-likeness (QED) is 0.573. The molecule has 1 aromatic carbocycles. The van der Waals surface area contributed by atoms with E-state index in [2.05, 4.69) is 20.7 Å². The van der Waals surface area contributed by atoms with Gasteiger partial charge in [0.1, 0.15) is 11.5 Å². The van der Waals surface area contributed by atoms with Crippen molar-refractivity contribution in [2.45, 2.75) is 0 Å². The summed E-state index contributed by atoms with van der Waals surface area (Å²) in [6, 6.07) is 11.1. The van der Waals surface area contributed by atoms with Gasteiger partial charge in [0.2, 0.25) is 0 Å². The second-order valence-electron chi connectivity index (χ2n) is 4.36. The lowest BCUT2D eigenvalue weighted by Gasteiger charge is -1.96. The van der Waals surface area contributed by atoms with Crippen LogP contribution in [-0.2, 0) is 0 Å². The van der Waals surface area contributed by atoms with Crippen molar-refractivity contribution in [2.75, 3.05) is 0 Å². The molecular weight excluding hydrogens is 287 g/mol. The number of hydrogen-bond donors (Lipinski definition) is 2. The topological polar surface area (TPSA) is 83.3 Å². The Morgan fingerprint density at radius 1 is 1.32 bits per heavy atom. The molecule has 2 N–H and O–H groups in total. The molecule has 0 saturated heterocycles. The van der Waals surface area contributed by atoms with E-state index in [9.17, 15) is 9.18 Å². The maximum Gasteiger partial charge on any atom is 0.291 e. The first-order chi connectivity index (χ1) is 10.7.